The van der Waals surface area contributed by atoms with Crippen molar-refractivity contribution in [3.05, 3.63) is 35.7 Å². The maximum atomic E-state index is 8.64. The van der Waals surface area contributed by atoms with E-state index < -0.39 is 0 Å². The first-order valence-corrected chi connectivity index (χ1v) is 4.94. The molecule has 1 aromatic carbocycles. The Kier molecular flexibility index (Phi) is 2.83. The molecule has 0 unspecified atom stereocenters. The summed E-state index contributed by atoms with van der Waals surface area (Å²) in [7, 11) is 0. The molecule has 0 aliphatic heterocycles. The van der Waals surface area contributed by atoms with Crippen molar-refractivity contribution < 1.29 is 9.52 Å². The summed E-state index contributed by atoms with van der Waals surface area (Å²) >= 11 is 0. The fraction of sp³-hybridized carbons (Fsp3) is 0.250. The molecule has 0 aliphatic rings. The molecule has 0 amide bonds. The number of aliphatic hydroxyl groups excluding tert-OH is 1. The Hall–Kier alpha value is -1.61. The molecule has 0 spiro atoms. The van der Waals surface area contributed by atoms with E-state index in [0.29, 0.717) is 12.3 Å². The second-order valence-electron chi connectivity index (χ2n) is 3.37. The molecule has 1 aromatic heterocycles. The molecule has 2 rings (SSSR count). The standard InChI is InChI=1S/C12H13NO2/c1-9-13-11-8-10(4-2-3-7-14)5-6-12(11)15-9/h2,4-6,8,14H,3,7H2,1H3. The number of oxazole rings is 1. The molecule has 1 N–H and O–H groups in total. The van der Waals surface area contributed by atoms with Gasteiger partial charge in [0.2, 0.25) is 0 Å². The van der Waals surface area contributed by atoms with E-state index in [0.717, 1.165) is 16.7 Å². The van der Waals surface area contributed by atoms with Gasteiger partial charge in [0.25, 0.3) is 0 Å². The van der Waals surface area contributed by atoms with E-state index >= 15 is 0 Å². The third-order valence-electron chi connectivity index (χ3n) is 2.12. The van der Waals surface area contributed by atoms with E-state index in [1.807, 2.05) is 37.3 Å². The first-order valence-electron chi connectivity index (χ1n) is 4.94. The number of aryl methyl sites for hydroxylation is 1. The second kappa shape index (κ2) is 4.28. The third kappa shape index (κ3) is 2.25. The van der Waals surface area contributed by atoms with Gasteiger partial charge >= 0.3 is 0 Å². The maximum absolute atomic E-state index is 8.64. The predicted molar refractivity (Wildman–Crippen MR) is 59.5 cm³/mol. The topological polar surface area (TPSA) is 46.3 Å². The first kappa shape index (κ1) is 9.93. The van der Waals surface area contributed by atoms with Crippen LogP contribution in [0.15, 0.2) is 28.7 Å². The van der Waals surface area contributed by atoms with E-state index in [9.17, 15) is 0 Å². The van der Waals surface area contributed by atoms with E-state index in [4.69, 9.17) is 9.52 Å². The number of aromatic nitrogens is 1. The van der Waals surface area contributed by atoms with E-state index in [1.54, 1.807) is 0 Å². The second-order valence-corrected chi connectivity index (χ2v) is 3.37. The quantitative estimate of drug-likeness (QED) is 0.833. The monoisotopic (exact) mass is 203 g/mol. The smallest absolute Gasteiger partial charge is 0.192 e. The Bertz CT molecular complexity index is 485. The zero-order chi connectivity index (χ0) is 10.7. The third-order valence-corrected chi connectivity index (χ3v) is 2.12. The van der Waals surface area contributed by atoms with Crippen molar-refractivity contribution in [2.24, 2.45) is 0 Å². The van der Waals surface area contributed by atoms with Crippen LogP contribution in [0.4, 0.5) is 0 Å². The van der Waals surface area contributed by atoms with Gasteiger partial charge in [-0.25, -0.2) is 4.98 Å². The molecular weight excluding hydrogens is 190 g/mol. The van der Waals surface area contributed by atoms with Crippen LogP contribution in [0, 0.1) is 6.92 Å². The van der Waals surface area contributed by atoms with Gasteiger partial charge < -0.3 is 9.52 Å². The summed E-state index contributed by atoms with van der Waals surface area (Å²) in [5.74, 6) is 0.682. The molecule has 0 aliphatic carbocycles. The Morgan fingerprint density at radius 3 is 3.13 bits per heavy atom. The largest absolute Gasteiger partial charge is 0.441 e. The van der Waals surface area contributed by atoms with Gasteiger partial charge in [0, 0.05) is 13.5 Å². The lowest BCUT2D eigenvalue weighted by atomic mass is 10.2. The molecule has 0 saturated heterocycles. The van der Waals surface area contributed by atoms with Gasteiger partial charge in [-0.2, -0.15) is 0 Å². The minimum atomic E-state index is 0.182. The van der Waals surface area contributed by atoms with Gasteiger partial charge in [0.1, 0.15) is 5.52 Å². The first-order chi connectivity index (χ1) is 7.29. The lowest BCUT2D eigenvalue weighted by molar-refractivity contribution is 0.303. The molecule has 0 atom stereocenters. The molecule has 1 heterocycles. The van der Waals surface area contributed by atoms with Crippen molar-refractivity contribution in [1.29, 1.82) is 0 Å². The van der Waals surface area contributed by atoms with Crippen molar-refractivity contribution in [2.75, 3.05) is 6.61 Å². The van der Waals surface area contributed by atoms with Crippen LogP contribution in [-0.4, -0.2) is 16.7 Å². The minimum Gasteiger partial charge on any atom is -0.441 e. The van der Waals surface area contributed by atoms with Crippen LogP contribution in [0.3, 0.4) is 0 Å². The van der Waals surface area contributed by atoms with Crippen molar-refractivity contribution in [3.8, 4) is 0 Å². The van der Waals surface area contributed by atoms with E-state index in [1.165, 1.54) is 0 Å². The molecule has 0 radical (unpaired) electrons. The Morgan fingerprint density at radius 2 is 2.33 bits per heavy atom. The van der Waals surface area contributed by atoms with Gasteiger partial charge in [-0.05, 0) is 24.1 Å². The fourth-order valence-electron chi connectivity index (χ4n) is 1.46. The van der Waals surface area contributed by atoms with Crippen LogP contribution >= 0.6 is 0 Å². The van der Waals surface area contributed by atoms with E-state index in [-0.39, 0.29) is 6.61 Å². The highest BCUT2D eigenvalue weighted by Gasteiger charge is 2.00. The van der Waals surface area contributed by atoms with Gasteiger partial charge in [-0.1, -0.05) is 18.2 Å². The number of hydrogen-bond acceptors (Lipinski definition) is 3. The van der Waals surface area contributed by atoms with Gasteiger partial charge in [0.15, 0.2) is 11.5 Å². The number of aliphatic hydroxyl groups is 1. The van der Waals surface area contributed by atoms with Gasteiger partial charge in [-0.3, -0.25) is 0 Å². The van der Waals surface area contributed by atoms with Crippen LogP contribution in [0.2, 0.25) is 0 Å². The summed E-state index contributed by atoms with van der Waals surface area (Å²) in [4.78, 5) is 4.25. The minimum absolute atomic E-state index is 0.182. The average Bonchev–Trinajstić information content (AvgIpc) is 2.57. The summed E-state index contributed by atoms with van der Waals surface area (Å²) in [6.07, 6.45) is 4.59. The number of benzene rings is 1. The molecule has 2 aromatic rings. The van der Waals surface area contributed by atoms with Crippen molar-refractivity contribution in [1.82, 2.24) is 4.98 Å². The van der Waals surface area contributed by atoms with Crippen molar-refractivity contribution in [2.45, 2.75) is 13.3 Å². The highest BCUT2D eigenvalue weighted by molar-refractivity contribution is 5.76. The van der Waals surface area contributed by atoms with Gasteiger partial charge in [0.05, 0.1) is 0 Å². The number of fused-ring (bicyclic) bond motifs is 1. The number of hydrogen-bond donors (Lipinski definition) is 1. The van der Waals surface area contributed by atoms with Crippen LogP contribution in [0.25, 0.3) is 17.2 Å². The normalized spacial score (nSPS) is 11.6. The maximum Gasteiger partial charge on any atom is 0.192 e. The highest BCUT2D eigenvalue weighted by atomic mass is 16.3. The Morgan fingerprint density at radius 1 is 1.47 bits per heavy atom. The van der Waals surface area contributed by atoms with Crippen molar-refractivity contribution >= 4 is 17.2 Å². The number of rotatable bonds is 3. The summed E-state index contributed by atoms with van der Waals surface area (Å²) < 4.78 is 5.37. The zero-order valence-corrected chi connectivity index (χ0v) is 8.60. The fourth-order valence-corrected chi connectivity index (χ4v) is 1.46. The molecule has 0 saturated carbocycles. The van der Waals surface area contributed by atoms with Crippen LogP contribution < -0.4 is 0 Å². The molecular formula is C12H13NO2. The molecule has 78 valence electrons. The zero-order valence-electron chi connectivity index (χ0n) is 8.60. The lowest BCUT2D eigenvalue weighted by Gasteiger charge is -1.92. The van der Waals surface area contributed by atoms with Crippen LogP contribution in [-0.2, 0) is 0 Å². The number of nitrogens with zero attached hydrogens (tertiary/aromatic N) is 1. The predicted octanol–water partition coefficient (Wildman–Crippen LogP) is 2.53. The van der Waals surface area contributed by atoms with Crippen molar-refractivity contribution in [3.63, 3.8) is 0 Å². The molecule has 3 heteroatoms. The highest BCUT2D eigenvalue weighted by Crippen LogP contribution is 2.17. The summed E-state index contributed by atoms with van der Waals surface area (Å²) in [5, 5.41) is 8.64. The molecule has 0 bridgehead atoms. The molecule has 15 heavy (non-hydrogen) atoms. The van der Waals surface area contributed by atoms with Crippen LogP contribution in [0.1, 0.15) is 17.9 Å². The summed E-state index contributed by atoms with van der Waals surface area (Å²) in [6.45, 7) is 2.02. The van der Waals surface area contributed by atoms with Gasteiger partial charge in [-0.15, -0.1) is 0 Å². The van der Waals surface area contributed by atoms with Crippen LogP contribution in [0.5, 0.6) is 0 Å². The Balaban J connectivity index is 2.30. The average molecular weight is 203 g/mol. The SMILES string of the molecule is Cc1nc2cc(C=CCCO)ccc2o1. The lowest BCUT2D eigenvalue weighted by Crippen LogP contribution is -1.77. The Labute approximate surface area is 88.1 Å². The summed E-state index contributed by atoms with van der Waals surface area (Å²) in [5.41, 5.74) is 2.76. The molecule has 3 nitrogen and oxygen atoms in total. The summed E-state index contributed by atoms with van der Waals surface area (Å²) in [6, 6.07) is 5.86. The molecule has 0 fully saturated rings. The van der Waals surface area contributed by atoms with E-state index in [2.05, 4.69) is 4.98 Å².